The van der Waals surface area contributed by atoms with Gasteiger partial charge in [-0.1, -0.05) is 23.7 Å². The average molecular weight is 228 g/mol. The SMILES string of the molecule is Cc1ccc(C(=O)COCCN)cc1Cl. The normalized spacial score (nSPS) is 10.3. The summed E-state index contributed by atoms with van der Waals surface area (Å²) in [4.78, 5) is 11.6. The first kappa shape index (κ1) is 12.2. The van der Waals surface area contributed by atoms with Crippen LogP contribution < -0.4 is 5.73 Å². The van der Waals surface area contributed by atoms with Crippen molar-refractivity contribution < 1.29 is 9.53 Å². The van der Waals surface area contributed by atoms with Crippen molar-refractivity contribution in [1.82, 2.24) is 0 Å². The minimum Gasteiger partial charge on any atom is -0.372 e. The van der Waals surface area contributed by atoms with E-state index in [1.54, 1.807) is 12.1 Å². The fraction of sp³-hybridized carbons (Fsp3) is 0.364. The third kappa shape index (κ3) is 3.63. The van der Waals surface area contributed by atoms with E-state index in [-0.39, 0.29) is 12.4 Å². The molecule has 3 nitrogen and oxygen atoms in total. The quantitative estimate of drug-likeness (QED) is 0.617. The average Bonchev–Trinajstić information content (AvgIpc) is 2.22. The molecule has 82 valence electrons. The van der Waals surface area contributed by atoms with Crippen LogP contribution in [0, 0.1) is 6.92 Å². The maximum absolute atomic E-state index is 11.6. The number of carbonyl (C=O) groups is 1. The van der Waals surface area contributed by atoms with Crippen molar-refractivity contribution in [3.63, 3.8) is 0 Å². The molecule has 0 fully saturated rings. The van der Waals surface area contributed by atoms with Gasteiger partial charge in [0.15, 0.2) is 5.78 Å². The van der Waals surface area contributed by atoms with E-state index < -0.39 is 0 Å². The van der Waals surface area contributed by atoms with Crippen LogP contribution in [0.1, 0.15) is 15.9 Å². The Morgan fingerprint density at radius 3 is 2.87 bits per heavy atom. The van der Waals surface area contributed by atoms with Crippen LogP contribution in [0.5, 0.6) is 0 Å². The van der Waals surface area contributed by atoms with Crippen LogP contribution in [0.15, 0.2) is 18.2 Å². The van der Waals surface area contributed by atoms with Crippen molar-refractivity contribution in [3.8, 4) is 0 Å². The molecule has 0 heterocycles. The lowest BCUT2D eigenvalue weighted by atomic mass is 10.1. The molecule has 0 radical (unpaired) electrons. The van der Waals surface area contributed by atoms with Crippen LogP contribution in [0.3, 0.4) is 0 Å². The molecule has 1 aromatic rings. The van der Waals surface area contributed by atoms with Crippen LogP contribution in [0.4, 0.5) is 0 Å². The summed E-state index contributed by atoms with van der Waals surface area (Å²) < 4.78 is 5.05. The van der Waals surface area contributed by atoms with Crippen molar-refractivity contribution >= 4 is 17.4 Å². The van der Waals surface area contributed by atoms with Crippen molar-refractivity contribution in [2.45, 2.75) is 6.92 Å². The molecule has 15 heavy (non-hydrogen) atoms. The Hall–Kier alpha value is -0.900. The van der Waals surface area contributed by atoms with Gasteiger partial charge in [0, 0.05) is 17.1 Å². The number of aryl methyl sites for hydroxylation is 1. The van der Waals surface area contributed by atoms with E-state index >= 15 is 0 Å². The summed E-state index contributed by atoms with van der Waals surface area (Å²) in [6, 6.07) is 5.22. The lowest BCUT2D eigenvalue weighted by Crippen LogP contribution is -2.14. The molecule has 0 saturated heterocycles. The predicted molar refractivity (Wildman–Crippen MR) is 60.4 cm³/mol. The van der Waals surface area contributed by atoms with Crippen LogP contribution >= 0.6 is 11.6 Å². The summed E-state index contributed by atoms with van der Waals surface area (Å²) in [6.07, 6.45) is 0. The number of benzene rings is 1. The van der Waals surface area contributed by atoms with E-state index in [1.165, 1.54) is 0 Å². The second kappa shape index (κ2) is 5.85. The van der Waals surface area contributed by atoms with Gasteiger partial charge in [-0.3, -0.25) is 4.79 Å². The Balaban J connectivity index is 2.62. The highest BCUT2D eigenvalue weighted by Gasteiger charge is 2.07. The number of hydrogen-bond donors (Lipinski definition) is 1. The molecule has 0 spiro atoms. The van der Waals surface area contributed by atoms with E-state index in [0.29, 0.717) is 23.7 Å². The Labute approximate surface area is 94.2 Å². The molecule has 2 N–H and O–H groups in total. The first-order chi connectivity index (χ1) is 7.15. The monoisotopic (exact) mass is 227 g/mol. The van der Waals surface area contributed by atoms with Gasteiger partial charge < -0.3 is 10.5 Å². The first-order valence-electron chi connectivity index (χ1n) is 4.72. The number of Topliss-reactive ketones (excluding diaryl/α,β-unsaturated/α-hetero) is 1. The lowest BCUT2D eigenvalue weighted by Gasteiger charge is -2.04. The summed E-state index contributed by atoms with van der Waals surface area (Å²) >= 11 is 5.91. The Morgan fingerprint density at radius 2 is 2.27 bits per heavy atom. The maximum Gasteiger partial charge on any atom is 0.188 e. The maximum atomic E-state index is 11.6. The molecule has 1 aromatic carbocycles. The van der Waals surface area contributed by atoms with Crippen LogP contribution in [0.2, 0.25) is 5.02 Å². The van der Waals surface area contributed by atoms with Crippen LogP contribution in [-0.2, 0) is 4.74 Å². The Bertz CT molecular complexity index is 352. The third-order valence-electron chi connectivity index (χ3n) is 1.99. The van der Waals surface area contributed by atoms with E-state index in [9.17, 15) is 4.79 Å². The molecule has 0 unspecified atom stereocenters. The predicted octanol–water partition coefficient (Wildman–Crippen LogP) is 1.81. The van der Waals surface area contributed by atoms with Gasteiger partial charge in [0.25, 0.3) is 0 Å². The van der Waals surface area contributed by atoms with Crippen LogP contribution in [0.25, 0.3) is 0 Å². The molecule has 0 aliphatic rings. The van der Waals surface area contributed by atoms with Crippen molar-refractivity contribution in [2.75, 3.05) is 19.8 Å². The van der Waals surface area contributed by atoms with E-state index in [2.05, 4.69) is 0 Å². The molecule has 0 amide bonds. The molecule has 0 atom stereocenters. The molecule has 0 bridgehead atoms. The smallest absolute Gasteiger partial charge is 0.188 e. The van der Waals surface area contributed by atoms with Crippen molar-refractivity contribution in [3.05, 3.63) is 34.3 Å². The van der Waals surface area contributed by atoms with Crippen LogP contribution in [-0.4, -0.2) is 25.5 Å². The highest BCUT2D eigenvalue weighted by atomic mass is 35.5. The lowest BCUT2D eigenvalue weighted by molar-refractivity contribution is 0.0774. The van der Waals surface area contributed by atoms with E-state index in [4.69, 9.17) is 22.1 Å². The number of carbonyl (C=O) groups excluding carboxylic acids is 1. The van der Waals surface area contributed by atoms with Crippen molar-refractivity contribution in [1.29, 1.82) is 0 Å². The van der Waals surface area contributed by atoms with Gasteiger partial charge in [-0.15, -0.1) is 0 Å². The van der Waals surface area contributed by atoms with Gasteiger partial charge in [0.1, 0.15) is 6.61 Å². The molecular formula is C11H14ClNO2. The zero-order valence-corrected chi connectivity index (χ0v) is 9.38. The second-order valence-corrected chi connectivity index (χ2v) is 3.64. The third-order valence-corrected chi connectivity index (χ3v) is 2.40. The minimum atomic E-state index is -0.0784. The molecule has 1 rings (SSSR count). The van der Waals surface area contributed by atoms with E-state index in [1.807, 2.05) is 13.0 Å². The van der Waals surface area contributed by atoms with Gasteiger partial charge in [-0.2, -0.15) is 0 Å². The van der Waals surface area contributed by atoms with Gasteiger partial charge in [0.05, 0.1) is 6.61 Å². The second-order valence-electron chi connectivity index (χ2n) is 3.23. The summed E-state index contributed by atoms with van der Waals surface area (Å²) in [5.74, 6) is -0.0784. The number of hydrogen-bond acceptors (Lipinski definition) is 3. The summed E-state index contributed by atoms with van der Waals surface area (Å²) in [5, 5.41) is 0.597. The van der Waals surface area contributed by atoms with Crippen molar-refractivity contribution in [2.24, 2.45) is 5.73 Å². The zero-order chi connectivity index (χ0) is 11.3. The highest BCUT2D eigenvalue weighted by molar-refractivity contribution is 6.31. The summed E-state index contributed by atoms with van der Waals surface area (Å²) in [6.45, 7) is 2.76. The Kier molecular flexibility index (Phi) is 4.75. The number of rotatable bonds is 5. The van der Waals surface area contributed by atoms with E-state index in [0.717, 1.165) is 5.56 Å². The fourth-order valence-electron chi connectivity index (χ4n) is 1.10. The minimum absolute atomic E-state index is 0.0522. The van der Waals surface area contributed by atoms with Gasteiger partial charge >= 0.3 is 0 Å². The summed E-state index contributed by atoms with van der Waals surface area (Å²) in [5.41, 5.74) is 6.77. The Morgan fingerprint density at radius 1 is 1.53 bits per heavy atom. The summed E-state index contributed by atoms with van der Waals surface area (Å²) in [7, 11) is 0. The molecule has 0 aromatic heterocycles. The fourth-order valence-corrected chi connectivity index (χ4v) is 1.28. The number of ether oxygens (including phenoxy) is 1. The molecule has 4 heteroatoms. The number of halogens is 1. The first-order valence-corrected chi connectivity index (χ1v) is 5.10. The standard InChI is InChI=1S/C11H14ClNO2/c1-8-2-3-9(6-10(8)12)11(14)7-15-5-4-13/h2-3,6H,4-5,7,13H2,1H3. The van der Waals surface area contributed by atoms with Gasteiger partial charge in [-0.25, -0.2) is 0 Å². The topological polar surface area (TPSA) is 52.3 Å². The number of nitrogens with two attached hydrogens (primary N) is 1. The highest BCUT2D eigenvalue weighted by Crippen LogP contribution is 2.16. The molecule has 0 saturated carbocycles. The largest absolute Gasteiger partial charge is 0.372 e. The molecule has 0 aliphatic heterocycles. The number of ketones is 1. The van der Waals surface area contributed by atoms with Gasteiger partial charge in [-0.05, 0) is 18.6 Å². The zero-order valence-electron chi connectivity index (χ0n) is 8.63. The molecule has 0 aliphatic carbocycles. The molecular weight excluding hydrogens is 214 g/mol. The van der Waals surface area contributed by atoms with Gasteiger partial charge in [0.2, 0.25) is 0 Å².